The molecule has 0 saturated carbocycles. The van der Waals surface area contributed by atoms with E-state index in [0.29, 0.717) is 16.5 Å². The molecule has 2 heterocycles. The minimum atomic E-state index is -4.48. The number of hydrogen-bond acceptors (Lipinski definition) is 5. The van der Waals surface area contributed by atoms with Gasteiger partial charge in [0.25, 0.3) is 0 Å². The fourth-order valence-electron chi connectivity index (χ4n) is 3.33. The summed E-state index contributed by atoms with van der Waals surface area (Å²) in [6, 6.07) is 9.61. The van der Waals surface area contributed by atoms with Gasteiger partial charge in [0.05, 0.1) is 24.3 Å². The SMILES string of the molecule is COc1ccc(Cl)cc1N1C[C@H](c2nc(-c3cccc(C(F)(F)F)c3)no2)CC1=O. The predicted molar refractivity (Wildman–Crippen MR) is 102 cm³/mol. The maximum absolute atomic E-state index is 12.9. The van der Waals surface area contributed by atoms with Gasteiger partial charge in [-0.2, -0.15) is 18.2 Å². The molecule has 0 radical (unpaired) electrons. The molecule has 4 rings (SSSR count). The van der Waals surface area contributed by atoms with Crippen molar-refractivity contribution in [2.75, 3.05) is 18.6 Å². The van der Waals surface area contributed by atoms with Gasteiger partial charge in [-0.1, -0.05) is 28.9 Å². The van der Waals surface area contributed by atoms with Crippen LogP contribution in [-0.2, 0) is 11.0 Å². The Morgan fingerprint density at radius 3 is 2.77 bits per heavy atom. The molecule has 6 nitrogen and oxygen atoms in total. The van der Waals surface area contributed by atoms with Gasteiger partial charge in [0.2, 0.25) is 17.6 Å². The summed E-state index contributed by atoms with van der Waals surface area (Å²) in [5.74, 6) is 0.109. The summed E-state index contributed by atoms with van der Waals surface area (Å²) < 4.78 is 49.4. The van der Waals surface area contributed by atoms with Crippen molar-refractivity contribution in [3.05, 3.63) is 58.9 Å². The van der Waals surface area contributed by atoms with Gasteiger partial charge in [0, 0.05) is 23.6 Å². The summed E-state index contributed by atoms with van der Waals surface area (Å²) in [5, 5.41) is 4.25. The molecule has 0 bridgehead atoms. The first-order valence-electron chi connectivity index (χ1n) is 8.91. The molecule has 1 atom stereocenters. The lowest BCUT2D eigenvalue weighted by Crippen LogP contribution is -2.24. The number of methoxy groups -OCH3 is 1. The van der Waals surface area contributed by atoms with Gasteiger partial charge < -0.3 is 14.2 Å². The van der Waals surface area contributed by atoms with Crippen molar-refractivity contribution in [2.45, 2.75) is 18.5 Å². The van der Waals surface area contributed by atoms with E-state index in [2.05, 4.69) is 10.1 Å². The van der Waals surface area contributed by atoms with Crippen LogP contribution in [0.25, 0.3) is 11.4 Å². The highest BCUT2D eigenvalue weighted by molar-refractivity contribution is 6.31. The number of hydrogen-bond donors (Lipinski definition) is 0. The number of benzene rings is 2. The molecular formula is C20H15ClF3N3O3. The third kappa shape index (κ3) is 3.85. The molecule has 10 heteroatoms. The molecule has 30 heavy (non-hydrogen) atoms. The Bertz CT molecular complexity index is 1100. The fraction of sp³-hybridized carbons (Fsp3) is 0.250. The van der Waals surface area contributed by atoms with E-state index in [0.717, 1.165) is 12.1 Å². The van der Waals surface area contributed by atoms with E-state index in [1.807, 2.05) is 0 Å². The molecule has 3 aromatic rings. The monoisotopic (exact) mass is 437 g/mol. The van der Waals surface area contributed by atoms with Gasteiger partial charge in [-0.15, -0.1) is 0 Å². The maximum Gasteiger partial charge on any atom is 0.416 e. The highest BCUT2D eigenvalue weighted by atomic mass is 35.5. The van der Waals surface area contributed by atoms with Crippen LogP contribution in [0.4, 0.5) is 18.9 Å². The first kappa shape index (κ1) is 20.2. The zero-order valence-corrected chi connectivity index (χ0v) is 16.4. The van der Waals surface area contributed by atoms with E-state index < -0.39 is 17.7 Å². The number of rotatable bonds is 4. The molecule has 1 saturated heterocycles. The number of anilines is 1. The average Bonchev–Trinajstić information content (AvgIpc) is 3.34. The largest absolute Gasteiger partial charge is 0.495 e. The van der Waals surface area contributed by atoms with Gasteiger partial charge in [-0.25, -0.2) is 0 Å². The van der Waals surface area contributed by atoms with Crippen molar-refractivity contribution in [1.29, 1.82) is 0 Å². The molecule has 1 aliphatic rings. The lowest BCUT2D eigenvalue weighted by Gasteiger charge is -2.19. The Morgan fingerprint density at radius 1 is 1.23 bits per heavy atom. The molecule has 1 amide bonds. The van der Waals surface area contributed by atoms with Gasteiger partial charge in [-0.05, 0) is 30.3 Å². The van der Waals surface area contributed by atoms with Crippen molar-refractivity contribution in [3.8, 4) is 17.1 Å². The minimum absolute atomic E-state index is 0.0299. The molecule has 0 N–H and O–H groups in total. The quantitative estimate of drug-likeness (QED) is 0.578. The lowest BCUT2D eigenvalue weighted by molar-refractivity contribution is -0.137. The van der Waals surface area contributed by atoms with Crippen LogP contribution in [0.1, 0.15) is 23.8 Å². The van der Waals surface area contributed by atoms with Crippen molar-refractivity contribution in [1.82, 2.24) is 10.1 Å². The molecule has 2 aromatic carbocycles. The van der Waals surface area contributed by atoms with Gasteiger partial charge in [0.1, 0.15) is 5.75 Å². The van der Waals surface area contributed by atoms with Crippen molar-refractivity contribution < 1.29 is 27.2 Å². The fourth-order valence-corrected chi connectivity index (χ4v) is 3.50. The van der Waals surface area contributed by atoms with Crippen LogP contribution in [0.3, 0.4) is 0 Å². The summed E-state index contributed by atoms with van der Waals surface area (Å²) in [6.45, 7) is 0.250. The smallest absolute Gasteiger partial charge is 0.416 e. The maximum atomic E-state index is 12.9. The summed E-state index contributed by atoms with van der Waals surface area (Å²) in [6.07, 6.45) is -4.36. The number of nitrogens with zero attached hydrogens (tertiary/aromatic N) is 3. The number of aromatic nitrogens is 2. The van der Waals surface area contributed by atoms with E-state index in [-0.39, 0.29) is 36.2 Å². The summed E-state index contributed by atoms with van der Waals surface area (Å²) in [4.78, 5) is 18.3. The highest BCUT2D eigenvalue weighted by Gasteiger charge is 2.37. The number of ether oxygens (including phenoxy) is 1. The van der Waals surface area contributed by atoms with Gasteiger partial charge in [0.15, 0.2) is 0 Å². The van der Waals surface area contributed by atoms with E-state index in [1.54, 1.807) is 18.2 Å². The number of amides is 1. The molecule has 0 unspecified atom stereocenters. The Hall–Kier alpha value is -3.07. The normalized spacial score (nSPS) is 16.9. The van der Waals surface area contributed by atoms with Crippen LogP contribution < -0.4 is 9.64 Å². The first-order valence-corrected chi connectivity index (χ1v) is 9.29. The number of halogens is 4. The molecule has 0 spiro atoms. The molecular weight excluding hydrogens is 423 g/mol. The lowest BCUT2D eigenvalue weighted by atomic mass is 10.1. The van der Waals surface area contributed by atoms with Crippen LogP contribution in [0.15, 0.2) is 47.0 Å². The van der Waals surface area contributed by atoms with E-state index in [4.69, 9.17) is 20.9 Å². The van der Waals surface area contributed by atoms with Crippen LogP contribution in [0.2, 0.25) is 5.02 Å². The van der Waals surface area contributed by atoms with Crippen LogP contribution in [0.5, 0.6) is 5.75 Å². The Morgan fingerprint density at radius 2 is 2.03 bits per heavy atom. The Balaban J connectivity index is 1.58. The standard InChI is InChI=1S/C20H15ClF3N3O3/c1-29-16-6-5-14(21)9-15(16)27-10-12(8-17(27)28)19-25-18(26-30-19)11-3-2-4-13(7-11)20(22,23)24/h2-7,9,12H,8,10H2,1H3/t12-/m1/s1. The zero-order valence-electron chi connectivity index (χ0n) is 15.6. The average molecular weight is 438 g/mol. The van der Waals surface area contributed by atoms with Crippen molar-refractivity contribution in [2.24, 2.45) is 0 Å². The topological polar surface area (TPSA) is 68.5 Å². The van der Waals surface area contributed by atoms with Crippen molar-refractivity contribution >= 4 is 23.2 Å². The number of carbonyl (C=O) groups excluding carboxylic acids is 1. The predicted octanol–water partition coefficient (Wildman–Crippen LogP) is 4.94. The molecule has 1 aromatic heterocycles. The zero-order chi connectivity index (χ0) is 21.5. The number of carbonyl (C=O) groups is 1. The van der Waals surface area contributed by atoms with E-state index in [1.165, 1.54) is 24.1 Å². The molecule has 0 aliphatic carbocycles. The molecule has 1 aliphatic heterocycles. The van der Waals surface area contributed by atoms with E-state index in [9.17, 15) is 18.0 Å². The number of alkyl halides is 3. The second-order valence-electron chi connectivity index (χ2n) is 6.76. The Kier molecular flexibility index (Phi) is 5.15. The molecule has 1 fully saturated rings. The third-order valence-corrected chi connectivity index (χ3v) is 5.03. The van der Waals surface area contributed by atoms with Crippen LogP contribution >= 0.6 is 11.6 Å². The second-order valence-corrected chi connectivity index (χ2v) is 7.19. The summed E-state index contributed by atoms with van der Waals surface area (Å²) in [7, 11) is 1.49. The van der Waals surface area contributed by atoms with Crippen molar-refractivity contribution in [3.63, 3.8) is 0 Å². The van der Waals surface area contributed by atoms with Gasteiger partial charge in [-0.3, -0.25) is 4.79 Å². The van der Waals surface area contributed by atoms with Gasteiger partial charge >= 0.3 is 6.18 Å². The van der Waals surface area contributed by atoms with Crippen LogP contribution in [-0.4, -0.2) is 29.7 Å². The van der Waals surface area contributed by atoms with E-state index >= 15 is 0 Å². The molecule has 156 valence electrons. The second kappa shape index (κ2) is 7.64. The Labute approximate surface area is 174 Å². The summed E-state index contributed by atoms with van der Waals surface area (Å²) in [5.41, 5.74) is -0.103. The minimum Gasteiger partial charge on any atom is -0.495 e. The third-order valence-electron chi connectivity index (χ3n) is 4.80. The first-order chi connectivity index (χ1) is 14.3. The van der Waals surface area contributed by atoms with Crippen LogP contribution in [0, 0.1) is 0 Å². The highest BCUT2D eigenvalue weighted by Crippen LogP contribution is 2.38. The summed E-state index contributed by atoms with van der Waals surface area (Å²) >= 11 is 6.05.